The lowest BCUT2D eigenvalue weighted by atomic mass is 10.1. The van der Waals surface area contributed by atoms with Crippen LogP contribution in [0.25, 0.3) is 0 Å². The van der Waals surface area contributed by atoms with Crippen LogP contribution in [0.15, 0.2) is 29.2 Å². The number of alkyl halides is 3. The zero-order chi connectivity index (χ0) is 21.9. The van der Waals surface area contributed by atoms with Gasteiger partial charge in [-0.1, -0.05) is 25.0 Å². The highest BCUT2D eigenvalue weighted by atomic mass is 32.2. The van der Waals surface area contributed by atoms with Crippen molar-refractivity contribution in [2.75, 3.05) is 13.1 Å². The van der Waals surface area contributed by atoms with Gasteiger partial charge in [-0.2, -0.15) is 4.31 Å². The maximum absolute atomic E-state index is 12.9. The molecule has 1 aliphatic heterocycles. The molecule has 0 radical (unpaired) electrons. The van der Waals surface area contributed by atoms with Gasteiger partial charge < -0.3 is 10.5 Å². The fraction of sp³-hybridized carbons (Fsp3) is 0.611. The van der Waals surface area contributed by atoms with Crippen molar-refractivity contribution in [3.05, 3.63) is 24.3 Å². The zero-order valence-corrected chi connectivity index (χ0v) is 17.0. The predicted octanol–water partition coefficient (Wildman–Crippen LogP) is 2.99. The van der Waals surface area contributed by atoms with Gasteiger partial charge >= 0.3 is 12.4 Å². The van der Waals surface area contributed by atoms with Gasteiger partial charge in [0.15, 0.2) is 0 Å². The molecule has 0 spiro atoms. The monoisotopic (exact) mass is 451 g/mol. The maximum atomic E-state index is 12.9. The minimum atomic E-state index is -5.01. The highest BCUT2D eigenvalue weighted by Gasteiger charge is 2.37. The smallest absolute Gasteiger partial charge is 0.404 e. The lowest BCUT2D eigenvalue weighted by molar-refractivity contribution is -0.275. The molecule has 0 bridgehead atoms. The number of piperidine rings is 1. The summed E-state index contributed by atoms with van der Waals surface area (Å²) in [7, 11) is -4.20. The lowest BCUT2D eigenvalue weighted by Crippen LogP contribution is -2.48. The molecule has 1 aliphatic carbocycles. The summed E-state index contributed by atoms with van der Waals surface area (Å²) in [4.78, 5) is 16.9. The number of benzene rings is 1. The summed E-state index contributed by atoms with van der Waals surface area (Å²) < 4.78 is 68.6. The van der Waals surface area contributed by atoms with Crippen LogP contribution in [0.3, 0.4) is 0 Å². The highest BCUT2D eigenvalue weighted by Crippen LogP contribution is 2.33. The Morgan fingerprint density at radius 2 is 1.70 bits per heavy atom. The minimum Gasteiger partial charge on any atom is -0.404 e. The van der Waals surface area contributed by atoms with Gasteiger partial charge in [-0.15, -0.1) is 13.2 Å². The van der Waals surface area contributed by atoms with Crippen LogP contribution in [0.5, 0.6) is 5.75 Å². The largest absolute Gasteiger partial charge is 0.573 e. The van der Waals surface area contributed by atoms with E-state index < -0.39 is 39.2 Å². The summed E-state index contributed by atoms with van der Waals surface area (Å²) in [6.07, 6.45) is -1.31. The first-order chi connectivity index (χ1) is 14.1. The van der Waals surface area contributed by atoms with Gasteiger partial charge in [0.05, 0.1) is 12.1 Å². The Hall–Kier alpha value is -2.05. The van der Waals surface area contributed by atoms with Gasteiger partial charge in [0.25, 0.3) is 0 Å². The van der Waals surface area contributed by atoms with Crippen molar-refractivity contribution in [3.8, 4) is 5.75 Å². The summed E-state index contributed by atoms with van der Waals surface area (Å²) in [5.41, 5.74) is 5.42. The second-order valence-corrected chi connectivity index (χ2v) is 9.21. The summed E-state index contributed by atoms with van der Waals surface area (Å²) in [6, 6.07) is 3.86. The van der Waals surface area contributed by atoms with E-state index in [1.807, 2.05) is 0 Å². The van der Waals surface area contributed by atoms with Crippen LogP contribution in [-0.4, -0.2) is 55.4 Å². The number of carbonyl (C=O) groups excluding carboxylic acids is 1. The van der Waals surface area contributed by atoms with E-state index in [9.17, 15) is 26.4 Å². The van der Waals surface area contributed by atoms with Crippen LogP contribution in [0, 0.1) is 0 Å². The first-order valence-electron chi connectivity index (χ1n) is 9.68. The van der Waals surface area contributed by atoms with E-state index in [2.05, 4.69) is 4.74 Å². The van der Waals surface area contributed by atoms with E-state index in [0.29, 0.717) is 0 Å². The van der Waals surface area contributed by atoms with Gasteiger partial charge in [0, 0.05) is 13.1 Å². The van der Waals surface area contributed by atoms with Gasteiger partial charge in [-0.05, 0) is 37.8 Å². The molecule has 1 heterocycles. The molecule has 3 rings (SSSR count). The van der Waals surface area contributed by atoms with Crippen molar-refractivity contribution in [2.45, 2.75) is 61.9 Å². The number of primary amides is 1. The topological polar surface area (TPSA) is 102 Å². The predicted molar refractivity (Wildman–Crippen MR) is 99.7 cm³/mol. The summed E-state index contributed by atoms with van der Waals surface area (Å²) in [6.45, 7) is 0.0647. The van der Waals surface area contributed by atoms with Crippen LogP contribution in [0.1, 0.15) is 38.5 Å². The molecule has 2 N–H and O–H groups in total. The summed E-state index contributed by atoms with van der Waals surface area (Å²) in [5.74, 6) is -0.774. The van der Waals surface area contributed by atoms with Crippen molar-refractivity contribution < 1.29 is 36.0 Å². The molecule has 0 unspecified atom stereocenters. The SMILES string of the molecule is NC(=O)N(OC1CCN(S(=O)(=O)c2ccccc2OC(F)(F)F)CC1)C1CCCC1. The molecule has 2 aliphatic rings. The summed E-state index contributed by atoms with van der Waals surface area (Å²) in [5, 5.41) is 1.19. The van der Waals surface area contributed by atoms with E-state index in [1.54, 1.807) is 0 Å². The number of nitrogens with zero attached hydrogens (tertiary/aromatic N) is 2. The van der Waals surface area contributed by atoms with Crippen molar-refractivity contribution in [2.24, 2.45) is 5.73 Å². The van der Waals surface area contributed by atoms with Crippen molar-refractivity contribution in [1.82, 2.24) is 9.37 Å². The number of rotatable bonds is 6. The van der Waals surface area contributed by atoms with Crippen molar-refractivity contribution >= 4 is 16.1 Å². The van der Waals surface area contributed by atoms with Crippen LogP contribution < -0.4 is 10.5 Å². The molecule has 12 heteroatoms. The van der Waals surface area contributed by atoms with E-state index in [1.165, 1.54) is 17.2 Å². The normalized spacial score (nSPS) is 19.7. The van der Waals surface area contributed by atoms with E-state index in [4.69, 9.17) is 10.6 Å². The first kappa shape index (κ1) is 22.6. The van der Waals surface area contributed by atoms with Crippen LogP contribution in [-0.2, 0) is 14.9 Å². The number of urea groups is 1. The molecule has 1 saturated heterocycles. The lowest BCUT2D eigenvalue weighted by Gasteiger charge is -2.35. The second kappa shape index (κ2) is 8.98. The number of sulfonamides is 1. The average Bonchev–Trinajstić information content (AvgIpc) is 3.19. The Labute approximate surface area is 172 Å². The number of amides is 2. The van der Waals surface area contributed by atoms with Gasteiger partial charge in [0.1, 0.15) is 10.6 Å². The van der Waals surface area contributed by atoms with Gasteiger partial charge in [-0.25, -0.2) is 18.3 Å². The number of halogens is 3. The first-order valence-corrected chi connectivity index (χ1v) is 11.1. The molecular weight excluding hydrogens is 427 g/mol. The third kappa shape index (κ3) is 5.35. The molecule has 2 fully saturated rings. The van der Waals surface area contributed by atoms with Crippen molar-refractivity contribution in [1.29, 1.82) is 0 Å². The Bertz CT molecular complexity index is 851. The Morgan fingerprint density at radius 3 is 2.27 bits per heavy atom. The standard InChI is InChI=1S/C18H24F3N3O5S/c19-18(20,21)28-15-7-3-4-8-16(15)30(26,27)23-11-9-14(10-12-23)29-24(17(22)25)13-5-1-2-6-13/h3-4,7-8,13-14H,1-2,5-6,9-12H2,(H2,22,25). The van der Waals surface area contributed by atoms with Gasteiger partial charge in [0.2, 0.25) is 10.0 Å². The fourth-order valence-electron chi connectivity index (χ4n) is 3.81. The average molecular weight is 451 g/mol. The molecule has 2 amide bonds. The minimum absolute atomic E-state index is 0.0324. The third-order valence-electron chi connectivity index (χ3n) is 5.23. The molecule has 8 nitrogen and oxygen atoms in total. The number of hydrogen-bond donors (Lipinski definition) is 1. The van der Waals surface area contributed by atoms with Crippen LogP contribution in [0.2, 0.25) is 0 Å². The van der Waals surface area contributed by atoms with E-state index >= 15 is 0 Å². The molecule has 1 saturated carbocycles. The maximum Gasteiger partial charge on any atom is 0.573 e. The molecule has 168 valence electrons. The quantitative estimate of drug-likeness (QED) is 0.670. The number of nitrogens with two attached hydrogens (primary N) is 1. The number of carbonyl (C=O) groups is 1. The van der Waals surface area contributed by atoms with Gasteiger partial charge in [-0.3, -0.25) is 4.84 Å². The number of para-hydroxylation sites is 1. The molecular formula is C18H24F3N3O5S. The Morgan fingerprint density at radius 1 is 1.10 bits per heavy atom. The molecule has 0 aromatic heterocycles. The Balaban J connectivity index is 1.66. The van der Waals surface area contributed by atoms with E-state index in [-0.39, 0.29) is 32.0 Å². The van der Waals surface area contributed by atoms with E-state index in [0.717, 1.165) is 42.1 Å². The molecule has 1 aromatic carbocycles. The number of hydroxylamine groups is 2. The zero-order valence-electron chi connectivity index (χ0n) is 16.2. The number of hydrogen-bond acceptors (Lipinski definition) is 5. The fourth-order valence-corrected chi connectivity index (χ4v) is 5.39. The van der Waals surface area contributed by atoms with Crippen LogP contribution >= 0.6 is 0 Å². The number of ether oxygens (including phenoxy) is 1. The second-order valence-electron chi connectivity index (χ2n) is 7.31. The molecule has 1 aromatic rings. The van der Waals surface area contributed by atoms with Crippen LogP contribution in [0.4, 0.5) is 18.0 Å². The molecule has 30 heavy (non-hydrogen) atoms. The Kier molecular flexibility index (Phi) is 6.78. The molecule has 0 atom stereocenters. The van der Waals surface area contributed by atoms with Crippen molar-refractivity contribution in [3.63, 3.8) is 0 Å². The third-order valence-corrected chi connectivity index (χ3v) is 7.17. The highest BCUT2D eigenvalue weighted by molar-refractivity contribution is 7.89. The summed E-state index contributed by atoms with van der Waals surface area (Å²) >= 11 is 0.